The number of para-hydroxylation sites is 1. The Hall–Kier alpha value is -1.81. The largest absolute Gasteiger partial charge is 0.465 e. The molecule has 0 radical (unpaired) electrons. The summed E-state index contributed by atoms with van der Waals surface area (Å²) in [6.07, 6.45) is 0.731. The number of rotatable bonds is 2. The Morgan fingerprint density at radius 1 is 1.40 bits per heavy atom. The predicted octanol–water partition coefficient (Wildman–Crippen LogP) is 1.53. The third-order valence-corrected chi connectivity index (χ3v) is 4.27. The Morgan fingerprint density at radius 2 is 2.15 bits per heavy atom. The molecule has 4 heteroatoms. The van der Waals surface area contributed by atoms with Gasteiger partial charge in [-0.1, -0.05) is 32.0 Å². The molecule has 0 unspecified atom stereocenters. The molecule has 3 rings (SSSR count). The molecule has 0 spiro atoms. The van der Waals surface area contributed by atoms with Crippen LogP contribution in [0.25, 0.3) is 10.9 Å². The molecule has 0 saturated carbocycles. The lowest BCUT2D eigenvalue weighted by Gasteiger charge is -2.28. The summed E-state index contributed by atoms with van der Waals surface area (Å²) in [7, 11) is 1.46. The molecule has 1 aromatic carbocycles. The standard InChI is InChI=1S/C16H20N2O2/c1-9(2)14-15-11(8-13(18-14)16(19)20-3)10-6-4-5-7-12(10)17-15/h4-7,9,13-14,17-18H,8H2,1-3H3/p+1/t13-,14-/m0/s1. The van der Waals surface area contributed by atoms with Gasteiger partial charge in [0.05, 0.1) is 12.8 Å². The zero-order valence-corrected chi connectivity index (χ0v) is 12.1. The van der Waals surface area contributed by atoms with Gasteiger partial charge >= 0.3 is 5.97 Å². The van der Waals surface area contributed by atoms with Gasteiger partial charge < -0.3 is 15.0 Å². The average molecular weight is 273 g/mol. The van der Waals surface area contributed by atoms with Gasteiger partial charge in [0, 0.05) is 23.2 Å². The van der Waals surface area contributed by atoms with E-state index in [-0.39, 0.29) is 18.1 Å². The van der Waals surface area contributed by atoms with Gasteiger partial charge in [0.25, 0.3) is 0 Å². The smallest absolute Gasteiger partial charge is 0.364 e. The Morgan fingerprint density at radius 3 is 2.85 bits per heavy atom. The van der Waals surface area contributed by atoms with E-state index in [1.54, 1.807) is 0 Å². The predicted molar refractivity (Wildman–Crippen MR) is 77.3 cm³/mol. The van der Waals surface area contributed by atoms with E-state index in [2.05, 4.69) is 36.3 Å². The summed E-state index contributed by atoms with van der Waals surface area (Å²) in [4.78, 5) is 15.5. The van der Waals surface area contributed by atoms with Gasteiger partial charge in [0.15, 0.2) is 6.04 Å². The molecule has 2 atom stereocenters. The number of esters is 1. The third kappa shape index (κ3) is 2.00. The number of benzene rings is 1. The Bertz CT molecular complexity index is 645. The first-order valence-corrected chi connectivity index (χ1v) is 7.14. The molecule has 2 aromatic rings. The number of carbonyl (C=O) groups is 1. The van der Waals surface area contributed by atoms with Crippen molar-refractivity contribution in [1.29, 1.82) is 0 Å². The van der Waals surface area contributed by atoms with E-state index in [9.17, 15) is 4.79 Å². The summed E-state index contributed by atoms with van der Waals surface area (Å²) >= 11 is 0. The molecule has 1 aromatic heterocycles. The maximum absolute atomic E-state index is 11.9. The number of quaternary nitrogens is 1. The van der Waals surface area contributed by atoms with Crippen molar-refractivity contribution in [1.82, 2.24) is 4.98 Å². The van der Waals surface area contributed by atoms with Crippen LogP contribution in [0.4, 0.5) is 0 Å². The minimum absolute atomic E-state index is 0.133. The first-order chi connectivity index (χ1) is 9.61. The summed E-state index contributed by atoms with van der Waals surface area (Å²) in [5.74, 6) is 0.320. The van der Waals surface area contributed by atoms with Gasteiger partial charge in [-0.2, -0.15) is 0 Å². The summed E-state index contributed by atoms with van der Waals surface area (Å²) in [5.41, 5.74) is 3.70. The fourth-order valence-corrected chi connectivity index (χ4v) is 3.23. The number of hydrogen-bond donors (Lipinski definition) is 2. The van der Waals surface area contributed by atoms with Crippen LogP contribution in [0.1, 0.15) is 31.1 Å². The van der Waals surface area contributed by atoms with Crippen LogP contribution in [0.15, 0.2) is 24.3 Å². The van der Waals surface area contributed by atoms with E-state index in [4.69, 9.17) is 4.74 Å². The normalized spacial score (nSPS) is 22.0. The summed E-state index contributed by atoms with van der Waals surface area (Å²) < 4.78 is 4.94. The lowest BCUT2D eigenvalue weighted by molar-refractivity contribution is -0.727. The van der Waals surface area contributed by atoms with Crippen LogP contribution in [0.5, 0.6) is 0 Å². The van der Waals surface area contributed by atoms with E-state index >= 15 is 0 Å². The number of methoxy groups -OCH3 is 1. The van der Waals surface area contributed by atoms with Crippen LogP contribution in [-0.2, 0) is 16.0 Å². The number of aromatic nitrogens is 1. The van der Waals surface area contributed by atoms with Crippen LogP contribution in [0.3, 0.4) is 0 Å². The maximum Gasteiger partial charge on any atom is 0.364 e. The van der Waals surface area contributed by atoms with Crippen LogP contribution >= 0.6 is 0 Å². The second-order valence-corrected chi connectivity index (χ2v) is 5.86. The molecule has 0 bridgehead atoms. The molecule has 106 valence electrons. The average Bonchev–Trinajstić information content (AvgIpc) is 2.83. The van der Waals surface area contributed by atoms with E-state index in [1.165, 1.54) is 23.8 Å². The van der Waals surface area contributed by atoms with Crippen LogP contribution in [0.2, 0.25) is 0 Å². The maximum atomic E-state index is 11.9. The Balaban J connectivity index is 2.11. The van der Waals surface area contributed by atoms with E-state index in [0.717, 1.165) is 11.9 Å². The highest BCUT2D eigenvalue weighted by Crippen LogP contribution is 2.31. The van der Waals surface area contributed by atoms with Gasteiger partial charge in [-0.15, -0.1) is 0 Å². The molecular weight excluding hydrogens is 252 g/mol. The first-order valence-electron chi connectivity index (χ1n) is 7.14. The van der Waals surface area contributed by atoms with Crippen LogP contribution in [0, 0.1) is 5.92 Å². The summed E-state index contributed by atoms with van der Waals surface area (Å²) in [5, 5.41) is 3.38. The van der Waals surface area contributed by atoms with Crippen molar-refractivity contribution < 1.29 is 14.8 Å². The minimum Gasteiger partial charge on any atom is -0.465 e. The molecule has 4 nitrogen and oxygen atoms in total. The molecule has 0 saturated heterocycles. The zero-order valence-electron chi connectivity index (χ0n) is 12.1. The second-order valence-electron chi connectivity index (χ2n) is 5.86. The highest BCUT2D eigenvalue weighted by Gasteiger charge is 2.38. The molecule has 0 aliphatic carbocycles. The van der Waals surface area contributed by atoms with Crippen molar-refractivity contribution in [2.24, 2.45) is 5.92 Å². The van der Waals surface area contributed by atoms with Crippen LogP contribution < -0.4 is 5.32 Å². The molecule has 2 heterocycles. The number of ether oxygens (including phenoxy) is 1. The monoisotopic (exact) mass is 273 g/mol. The molecular formula is C16H21N2O2+. The van der Waals surface area contributed by atoms with Crippen molar-refractivity contribution >= 4 is 16.9 Å². The molecule has 0 fully saturated rings. The van der Waals surface area contributed by atoms with Gasteiger partial charge in [-0.25, -0.2) is 4.79 Å². The number of H-pyrrole nitrogens is 1. The first kappa shape index (κ1) is 13.2. The molecule has 0 amide bonds. The summed E-state index contributed by atoms with van der Waals surface area (Å²) in [6.45, 7) is 4.38. The van der Waals surface area contributed by atoms with Crippen molar-refractivity contribution in [2.75, 3.05) is 7.11 Å². The lowest BCUT2D eigenvalue weighted by Crippen LogP contribution is -2.95. The van der Waals surface area contributed by atoms with Crippen LogP contribution in [-0.4, -0.2) is 24.1 Å². The third-order valence-electron chi connectivity index (χ3n) is 4.27. The Labute approximate surface area is 118 Å². The quantitative estimate of drug-likeness (QED) is 0.815. The highest BCUT2D eigenvalue weighted by molar-refractivity contribution is 5.86. The van der Waals surface area contributed by atoms with Gasteiger partial charge in [0.1, 0.15) is 6.04 Å². The summed E-state index contributed by atoms with van der Waals surface area (Å²) in [6, 6.07) is 8.44. The second kappa shape index (κ2) is 4.94. The van der Waals surface area contributed by atoms with E-state index in [1.807, 2.05) is 12.1 Å². The lowest BCUT2D eigenvalue weighted by atomic mass is 9.89. The molecule has 20 heavy (non-hydrogen) atoms. The SMILES string of the molecule is COC(=O)[C@@H]1Cc2c([nH]c3ccccc23)[C@H](C(C)C)[NH2+]1. The highest BCUT2D eigenvalue weighted by atomic mass is 16.5. The fourth-order valence-electron chi connectivity index (χ4n) is 3.23. The number of aromatic amines is 1. The molecule has 1 aliphatic heterocycles. The van der Waals surface area contributed by atoms with Crippen molar-refractivity contribution in [3.63, 3.8) is 0 Å². The van der Waals surface area contributed by atoms with Crippen molar-refractivity contribution in [2.45, 2.75) is 32.4 Å². The molecule has 1 aliphatic rings. The van der Waals surface area contributed by atoms with E-state index < -0.39 is 0 Å². The minimum atomic E-state index is -0.140. The number of nitrogens with one attached hydrogen (secondary N) is 1. The molecule has 3 N–H and O–H groups in total. The van der Waals surface area contributed by atoms with Gasteiger partial charge in [0.2, 0.25) is 0 Å². The topological polar surface area (TPSA) is 58.7 Å². The number of hydrogen-bond acceptors (Lipinski definition) is 2. The fraction of sp³-hybridized carbons (Fsp3) is 0.438. The number of fused-ring (bicyclic) bond motifs is 3. The van der Waals surface area contributed by atoms with Gasteiger partial charge in [-0.05, 0) is 11.6 Å². The number of carbonyl (C=O) groups excluding carboxylic acids is 1. The zero-order chi connectivity index (χ0) is 14.3. The van der Waals surface area contributed by atoms with Crippen molar-refractivity contribution in [3.8, 4) is 0 Å². The van der Waals surface area contributed by atoms with Crippen molar-refractivity contribution in [3.05, 3.63) is 35.5 Å². The van der Waals surface area contributed by atoms with Gasteiger partial charge in [-0.3, -0.25) is 0 Å². The van der Waals surface area contributed by atoms with E-state index in [0.29, 0.717) is 5.92 Å². The number of nitrogens with two attached hydrogens (primary N) is 1. The Kier molecular flexibility index (Phi) is 3.26.